The summed E-state index contributed by atoms with van der Waals surface area (Å²) in [6.45, 7) is 1.95. The number of nitrogens with zero attached hydrogens (tertiary/aromatic N) is 1. The van der Waals surface area contributed by atoms with Crippen molar-refractivity contribution >= 4 is 23.4 Å². The van der Waals surface area contributed by atoms with Gasteiger partial charge in [-0.25, -0.2) is 0 Å². The number of rotatable bonds is 6. The van der Waals surface area contributed by atoms with Crippen LogP contribution in [-0.2, 0) is 14.4 Å². The molecule has 7 nitrogen and oxygen atoms in total. The first kappa shape index (κ1) is 18.9. The molecule has 2 atom stereocenters. The Kier molecular flexibility index (Phi) is 5.48. The molecule has 3 amide bonds. The van der Waals surface area contributed by atoms with Crippen LogP contribution in [-0.4, -0.2) is 43.4 Å². The molecule has 1 fully saturated rings. The fraction of sp³-hybridized carbons (Fsp3) is 0.450. The largest absolute Gasteiger partial charge is 0.493 e. The van der Waals surface area contributed by atoms with Gasteiger partial charge in [0.25, 0.3) is 0 Å². The lowest BCUT2D eigenvalue weighted by atomic mass is 9.85. The molecule has 0 spiro atoms. The van der Waals surface area contributed by atoms with Gasteiger partial charge in [0, 0.05) is 24.7 Å². The van der Waals surface area contributed by atoms with Crippen LogP contribution in [0.25, 0.3) is 0 Å². The number of amides is 3. The van der Waals surface area contributed by atoms with Crippen molar-refractivity contribution in [2.75, 3.05) is 26.1 Å². The summed E-state index contributed by atoms with van der Waals surface area (Å²) in [5, 5.41) is 2.82. The normalized spacial score (nSPS) is 21.2. The van der Waals surface area contributed by atoms with Crippen LogP contribution in [0.4, 0.5) is 5.69 Å². The minimum atomic E-state index is -0.265. The van der Waals surface area contributed by atoms with Crippen LogP contribution in [0.1, 0.15) is 24.8 Å². The third-order valence-corrected chi connectivity index (χ3v) is 5.17. The van der Waals surface area contributed by atoms with Gasteiger partial charge in [0.05, 0.1) is 26.1 Å². The summed E-state index contributed by atoms with van der Waals surface area (Å²) in [4.78, 5) is 38.5. The molecule has 1 N–H and O–H groups in total. The Balaban J connectivity index is 1.62. The van der Waals surface area contributed by atoms with Gasteiger partial charge in [0.15, 0.2) is 11.5 Å². The second-order valence-corrected chi connectivity index (χ2v) is 6.80. The quantitative estimate of drug-likeness (QED) is 0.612. The Bertz CT molecular complexity index is 776. The standard InChI is InChI=1S/C20H24N2O5/c1-12-10-16(26-2)17(27-3)11-15(12)21-18(23)8-9-22-19(24)13-6-4-5-7-14(13)20(22)25/h4-5,10-11,13-14H,6-9H2,1-3H3,(H,21,23)/t13-,14-/m1/s1. The van der Waals surface area contributed by atoms with E-state index in [1.807, 2.05) is 19.1 Å². The van der Waals surface area contributed by atoms with E-state index in [-0.39, 0.29) is 42.5 Å². The Morgan fingerprint density at radius 2 is 1.63 bits per heavy atom. The highest BCUT2D eigenvalue weighted by Crippen LogP contribution is 2.35. The average molecular weight is 372 g/mol. The summed E-state index contributed by atoms with van der Waals surface area (Å²) in [5.74, 6) is -0.0255. The zero-order valence-corrected chi connectivity index (χ0v) is 15.8. The van der Waals surface area contributed by atoms with Crippen LogP contribution in [0.3, 0.4) is 0 Å². The maximum atomic E-state index is 12.4. The molecule has 1 aromatic rings. The maximum absolute atomic E-state index is 12.4. The molecule has 1 heterocycles. The van der Waals surface area contributed by atoms with Crippen LogP contribution in [0.5, 0.6) is 11.5 Å². The van der Waals surface area contributed by atoms with Gasteiger partial charge in [-0.3, -0.25) is 19.3 Å². The van der Waals surface area contributed by atoms with E-state index < -0.39 is 0 Å². The summed E-state index contributed by atoms with van der Waals surface area (Å²) in [6, 6.07) is 3.47. The van der Waals surface area contributed by atoms with Crippen molar-refractivity contribution in [3.8, 4) is 11.5 Å². The number of nitrogens with one attached hydrogen (secondary N) is 1. The monoisotopic (exact) mass is 372 g/mol. The Hall–Kier alpha value is -2.83. The third-order valence-electron chi connectivity index (χ3n) is 5.17. The van der Waals surface area contributed by atoms with E-state index in [9.17, 15) is 14.4 Å². The number of hydrogen-bond acceptors (Lipinski definition) is 5. The van der Waals surface area contributed by atoms with Crippen LogP contribution < -0.4 is 14.8 Å². The summed E-state index contributed by atoms with van der Waals surface area (Å²) in [5.41, 5.74) is 1.43. The minimum absolute atomic E-state index is 0.0537. The van der Waals surface area contributed by atoms with E-state index in [4.69, 9.17) is 9.47 Å². The molecule has 1 aliphatic carbocycles. The number of hydrogen-bond donors (Lipinski definition) is 1. The summed E-state index contributed by atoms with van der Waals surface area (Å²) < 4.78 is 10.5. The molecule has 0 unspecified atom stereocenters. The maximum Gasteiger partial charge on any atom is 0.233 e. The molecule has 1 saturated heterocycles. The van der Waals surface area contributed by atoms with E-state index in [1.54, 1.807) is 19.2 Å². The first-order valence-electron chi connectivity index (χ1n) is 8.99. The number of allylic oxidation sites excluding steroid dienone is 2. The number of benzene rings is 1. The second-order valence-electron chi connectivity index (χ2n) is 6.80. The van der Waals surface area contributed by atoms with Crippen molar-refractivity contribution in [2.45, 2.75) is 26.2 Å². The summed E-state index contributed by atoms with van der Waals surface area (Å²) >= 11 is 0. The fourth-order valence-corrected chi connectivity index (χ4v) is 3.63. The SMILES string of the molecule is COc1cc(C)c(NC(=O)CCN2C(=O)[C@@H]3CC=CC[C@H]3C2=O)cc1OC. The highest BCUT2D eigenvalue weighted by Gasteiger charge is 2.46. The smallest absolute Gasteiger partial charge is 0.233 e. The third kappa shape index (κ3) is 3.67. The lowest BCUT2D eigenvalue weighted by Crippen LogP contribution is -2.34. The molecule has 0 bridgehead atoms. The van der Waals surface area contributed by atoms with Gasteiger partial charge in [0.1, 0.15) is 0 Å². The van der Waals surface area contributed by atoms with Crippen molar-refractivity contribution < 1.29 is 23.9 Å². The number of methoxy groups -OCH3 is 2. The second kappa shape index (κ2) is 7.82. The van der Waals surface area contributed by atoms with Gasteiger partial charge in [-0.2, -0.15) is 0 Å². The lowest BCUT2D eigenvalue weighted by Gasteiger charge is -2.16. The number of imide groups is 1. The number of ether oxygens (including phenoxy) is 2. The predicted octanol–water partition coefficient (Wildman–Crippen LogP) is 2.29. The molecular formula is C20H24N2O5. The molecule has 0 aromatic heterocycles. The lowest BCUT2D eigenvalue weighted by molar-refractivity contribution is -0.140. The molecule has 27 heavy (non-hydrogen) atoms. The first-order chi connectivity index (χ1) is 13.0. The number of fused-ring (bicyclic) bond motifs is 1. The van der Waals surface area contributed by atoms with Gasteiger partial charge in [0.2, 0.25) is 17.7 Å². The molecule has 2 aliphatic rings. The summed E-state index contributed by atoms with van der Waals surface area (Å²) in [6.07, 6.45) is 5.15. The topological polar surface area (TPSA) is 84.9 Å². The van der Waals surface area contributed by atoms with Gasteiger partial charge >= 0.3 is 0 Å². The zero-order valence-electron chi connectivity index (χ0n) is 15.8. The summed E-state index contributed by atoms with van der Waals surface area (Å²) in [7, 11) is 3.07. The number of aryl methyl sites for hydroxylation is 1. The van der Waals surface area contributed by atoms with Gasteiger partial charge in [-0.1, -0.05) is 12.2 Å². The first-order valence-corrected chi connectivity index (χ1v) is 8.99. The molecule has 7 heteroatoms. The number of carbonyl (C=O) groups is 3. The van der Waals surface area contributed by atoms with E-state index in [2.05, 4.69) is 5.32 Å². The molecule has 1 aliphatic heterocycles. The minimum Gasteiger partial charge on any atom is -0.493 e. The van der Waals surface area contributed by atoms with Gasteiger partial charge < -0.3 is 14.8 Å². The van der Waals surface area contributed by atoms with Crippen LogP contribution in [0.2, 0.25) is 0 Å². The zero-order chi connectivity index (χ0) is 19.6. The Labute approximate surface area is 158 Å². The van der Waals surface area contributed by atoms with Crippen LogP contribution >= 0.6 is 0 Å². The predicted molar refractivity (Wildman–Crippen MR) is 99.6 cm³/mol. The molecular weight excluding hydrogens is 348 g/mol. The van der Waals surface area contributed by atoms with E-state index in [0.29, 0.717) is 30.0 Å². The van der Waals surface area contributed by atoms with Crippen molar-refractivity contribution in [2.24, 2.45) is 11.8 Å². The molecule has 0 radical (unpaired) electrons. The van der Waals surface area contributed by atoms with E-state index >= 15 is 0 Å². The van der Waals surface area contributed by atoms with Crippen molar-refractivity contribution in [3.05, 3.63) is 29.8 Å². The van der Waals surface area contributed by atoms with Gasteiger partial charge in [-0.15, -0.1) is 0 Å². The van der Waals surface area contributed by atoms with Crippen LogP contribution in [0.15, 0.2) is 24.3 Å². The number of anilines is 1. The highest BCUT2D eigenvalue weighted by molar-refractivity contribution is 6.05. The Morgan fingerprint density at radius 1 is 1.07 bits per heavy atom. The molecule has 144 valence electrons. The molecule has 1 aromatic carbocycles. The Morgan fingerprint density at radius 3 is 2.19 bits per heavy atom. The molecule has 0 saturated carbocycles. The highest BCUT2D eigenvalue weighted by atomic mass is 16.5. The van der Waals surface area contributed by atoms with E-state index in [1.165, 1.54) is 12.0 Å². The van der Waals surface area contributed by atoms with E-state index in [0.717, 1.165) is 5.56 Å². The van der Waals surface area contributed by atoms with Gasteiger partial charge in [-0.05, 0) is 31.4 Å². The van der Waals surface area contributed by atoms with Crippen molar-refractivity contribution in [1.82, 2.24) is 4.90 Å². The number of likely N-dealkylation sites (tertiary alicyclic amines) is 1. The average Bonchev–Trinajstić information content (AvgIpc) is 2.92. The fourth-order valence-electron chi connectivity index (χ4n) is 3.63. The van der Waals surface area contributed by atoms with Crippen molar-refractivity contribution in [1.29, 1.82) is 0 Å². The van der Waals surface area contributed by atoms with Crippen LogP contribution in [0, 0.1) is 18.8 Å². The van der Waals surface area contributed by atoms with Crippen molar-refractivity contribution in [3.63, 3.8) is 0 Å². The number of carbonyl (C=O) groups excluding carboxylic acids is 3. The molecule has 3 rings (SSSR count).